The first kappa shape index (κ1) is 42.9. The van der Waals surface area contributed by atoms with Crippen molar-refractivity contribution in [2.24, 2.45) is 11.8 Å². The predicted octanol–water partition coefficient (Wildman–Crippen LogP) is 5.47. The van der Waals surface area contributed by atoms with Crippen molar-refractivity contribution >= 4 is 33.8 Å². The van der Waals surface area contributed by atoms with Gasteiger partial charge in [0.2, 0.25) is 21.8 Å². The Balaban J connectivity index is 1.27. The average Bonchev–Trinajstić information content (AvgIpc) is 4.10. The number of amides is 4. The second kappa shape index (κ2) is 17.0. The molecule has 5 atom stereocenters. The standard InChI is InChI=1S/C44H57N7O8S/c1-7-31-25-44(31,41(54)49-60(56,57)34-20-21-34)46-39(52)35-24-32-26-50(35)40(53)36(27(2)3)45-42(55)59-43(4,5)22-11-9-8-10-13-28-14-12-15-30(23-28)38-37(47-51(32)48-38)29-16-18-33(58-6)19-17-29/h7,12,14-19,23,27,31-32,34-36H,1,8-11,13,20-22,24-26H2,2-6H3,(H,45,55)(H,46,52)(H,49,54)/t31-,32-,35+,36+,44-/m1/s1. The van der Waals surface area contributed by atoms with Crippen LogP contribution in [0.1, 0.15) is 97.1 Å². The number of hydrogen-bond acceptors (Lipinski definition) is 10. The van der Waals surface area contributed by atoms with E-state index in [9.17, 15) is 27.6 Å². The highest BCUT2D eigenvalue weighted by molar-refractivity contribution is 7.91. The maximum atomic E-state index is 14.8. The zero-order valence-corrected chi connectivity index (χ0v) is 35.9. The van der Waals surface area contributed by atoms with E-state index in [1.807, 2.05) is 50.2 Å². The van der Waals surface area contributed by atoms with Gasteiger partial charge in [0.15, 0.2) is 0 Å². The molecule has 2 aliphatic carbocycles. The number of methoxy groups -OCH3 is 1. The third-order valence-corrected chi connectivity index (χ3v) is 14.0. The highest BCUT2D eigenvalue weighted by atomic mass is 32.2. The Morgan fingerprint density at radius 1 is 1.02 bits per heavy atom. The van der Waals surface area contributed by atoms with Gasteiger partial charge in [0.05, 0.1) is 18.4 Å². The number of alkyl carbamates (subject to hydrolysis) is 1. The number of fused-ring (bicyclic) bond motifs is 8. The van der Waals surface area contributed by atoms with E-state index in [-0.39, 0.29) is 19.4 Å². The lowest BCUT2D eigenvalue weighted by Gasteiger charge is -2.32. The number of carbonyl (C=O) groups excluding carboxylic acids is 4. The molecule has 2 aliphatic heterocycles. The van der Waals surface area contributed by atoms with E-state index in [1.54, 1.807) is 25.8 Å². The molecule has 322 valence electrons. The third kappa shape index (κ3) is 9.22. The Morgan fingerprint density at radius 3 is 2.37 bits per heavy atom. The van der Waals surface area contributed by atoms with Crippen LogP contribution in [0, 0.1) is 11.8 Å². The number of rotatable bonds is 9. The normalized spacial score (nSPS) is 25.9. The van der Waals surface area contributed by atoms with Gasteiger partial charge in [-0.05, 0) is 101 Å². The number of hydrogen-bond donors (Lipinski definition) is 3. The van der Waals surface area contributed by atoms with Crippen LogP contribution in [0.5, 0.6) is 5.75 Å². The van der Waals surface area contributed by atoms with E-state index in [1.165, 1.54) is 11.0 Å². The van der Waals surface area contributed by atoms with Crippen LogP contribution in [0.2, 0.25) is 0 Å². The maximum Gasteiger partial charge on any atom is 0.408 e. The number of nitrogens with one attached hydrogen (secondary N) is 3. The summed E-state index contributed by atoms with van der Waals surface area (Å²) in [5.41, 5.74) is 1.70. The minimum atomic E-state index is -3.92. The fourth-order valence-corrected chi connectivity index (χ4v) is 9.74. The molecule has 4 aliphatic rings. The van der Waals surface area contributed by atoms with Crippen LogP contribution in [-0.2, 0) is 35.6 Å². The fourth-order valence-electron chi connectivity index (χ4n) is 8.37. The van der Waals surface area contributed by atoms with Crippen LogP contribution in [0.3, 0.4) is 0 Å². The van der Waals surface area contributed by atoms with E-state index in [0.717, 1.165) is 48.8 Å². The summed E-state index contributed by atoms with van der Waals surface area (Å²) in [4.78, 5) is 59.4. The van der Waals surface area contributed by atoms with Gasteiger partial charge in [0.1, 0.15) is 40.4 Å². The lowest BCUT2D eigenvalue weighted by Crippen LogP contribution is -2.59. The number of ether oxygens (including phenoxy) is 2. The van der Waals surface area contributed by atoms with Crippen molar-refractivity contribution in [1.82, 2.24) is 35.2 Å². The zero-order chi connectivity index (χ0) is 43.0. The SMILES string of the molecule is C=C[C@@H]1C[C@]1(NC(=O)[C@@H]1C[C@@H]2CN1C(=O)[C@H](C(C)C)NC(=O)OC(C)(C)CCCCCCc1cccc(c1)-c1nn2nc1-c1ccc(OC)cc1)C(=O)NS(=O)(=O)C1CC1. The topological polar surface area (TPSA) is 191 Å². The first-order valence-corrected chi connectivity index (χ1v) is 22.6. The molecule has 3 heterocycles. The van der Waals surface area contributed by atoms with Crippen LogP contribution in [0.25, 0.3) is 22.5 Å². The number of nitrogens with zero attached hydrogens (tertiary/aromatic N) is 4. The van der Waals surface area contributed by atoms with Crippen molar-refractivity contribution in [3.63, 3.8) is 0 Å². The first-order chi connectivity index (χ1) is 28.5. The minimum absolute atomic E-state index is 0.00127. The van der Waals surface area contributed by atoms with Crippen molar-refractivity contribution < 1.29 is 37.1 Å². The van der Waals surface area contributed by atoms with Gasteiger partial charge in [-0.3, -0.25) is 19.1 Å². The molecule has 15 nitrogen and oxygen atoms in total. The summed E-state index contributed by atoms with van der Waals surface area (Å²) < 4.78 is 39.2. The summed E-state index contributed by atoms with van der Waals surface area (Å²) in [6.07, 6.45) is 7.21. The molecule has 0 spiro atoms. The molecule has 1 saturated heterocycles. The summed E-state index contributed by atoms with van der Waals surface area (Å²) >= 11 is 0. The molecule has 0 radical (unpaired) electrons. The van der Waals surface area contributed by atoms with Gasteiger partial charge in [-0.15, -0.1) is 6.58 Å². The maximum absolute atomic E-state index is 14.8. The summed E-state index contributed by atoms with van der Waals surface area (Å²) in [7, 11) is -2.32. The summed E-state index contributed by atoms with van der Waals surface area (Å²) in [5.74, 6) is -2.26. The Kier molecular flexibility index (Phi) is 12.2. The lowest BCUT2D eigenvalue weighted by molar-refractivity contribution is -0.141. The van der Waals surface area contributed by atoms with Crippen LogP contribution < -0.4 is 20.1 Å². The van der Waals surface area contributed by atoms with Crippen LogP contribution in [0.15, 0.2) is 61.2 Å². The summed E-state index contributed by atoms with van der Waals surface area (Å²) in [6.45, 7) is 11.1. The zero-order valence-electron chi connectivity index (χ0n) is 35.1. The number of benzene rings is 2. The highest BCUT2D eigenvalue weighted by Gasteiger charge is 2.62. The van der Waals surface area contributed by atoms with Crippen LogP contribution in [-0.4, -0.2) is 94.3 Å². The van der Waals surface area contributed by atoms with E-state index in [4.69, 9.17) is 19.7 Å². The third-order valence-electron chi connectivity index (χ3n) is 12.2. The van der Waals surface area contributed by atoms with E-state index >= 15 is 0 Å². The first-order valence-electron chi connectivity index (χ1n) is 21.1. The summed E-state index contributed by atoms with van der Waals surface area (Å²) in [6, 6.07) is 12.9. The summed E-state index contributed by atoms with van der Waals surface area (Å²) in [5, 5.41) is 15.1. The van der Waals surface area contributed by atoms with Crippen molar-refractivity contribution in [3.05, 3.63) is 66.7 Å². The second-order valence-electron chi connectivity index (χ2n) is 17.7. The van der Waals surface area contributed by atoms with Crippen molar-refractivity contribution in [1.29, 1.82) is 0 Å². The lowest BCUT2D eigenvalue weighted by atomic mass is 9.98. The monoisotopic (exact) mass is 843 g/mol. The molecule has 6 bridgehead atoms. The van der Waals surface area contributed by atoms with Gasteiger partial charge in [-0.2, -0.15) is 15.0 Å². The minimum Gasteiger partial charge on any atom is -0.497 e. The van der Waals surface area contributed by atoms with E-state index in [2.05, 4.69) is 34.1 Å². The number of aryl methyl sites for hydroxylation is 1. The average molecular weight is 844 g/mol. The molecule has 7 rings (SSSR count). The molecule has 4 amide bonds. The van der Waals surface area contributed by atoms with Gasteiger partial charge < -0.3 is 25.0 Å². The Morgan fingerprint density at radius 2 is 1.72 bits per heavy atom. The molecule has 3 fully saturated rings. The van der Waals surface area contributed by atoms with Crippen LogP contribution >= 0.6 is 0 Å². The van der Waals surface area contributed by atoms with Crippen LogP contribution in [0.4, 0.5) is 4.79 Å². The quantitative estimate of drug-likeness (QED) is 0.233. The van der Waals surface area contributed by atoms with Gasteiger partial charge in [0, 0.05) is 30.0 Å². The van der Waals surface area contributed by atoms with Gasteiger partial charge >= 0.3 is 6.09 Å². The molecular formula is C44H57N7O8S. The van der Waals surface area contributed by atoms with E-state index in [0.29, 0.717) is 36.4 Å². The van der Waals surface area contributed by atoms with Gasteiger partial charge in [0.25, 0.3) is 5.91 Å². The van der Waals surface area contributed by atoms with Gasteiger partial charge in [-0.1, -0.05) is 51.0 Å². The molecule has 60 heavy (non-hydrogen) atoms. The number of cyclic esters (lactones) is 1. The second-order valence-corrected chi connectivity index (χ2v) is 19.6. The van der Waals surface area contributed by atoms with Gasteiger partial charge in [-0.25, -0.2) is 13.2 Å². The Labute approximate surface area is 352 Å². The highest BCUT2D eigenvalue weighted by Crippen LogP contribution is 2.46. The number of aromatic nitrogens is 3. The molecule has 2 saturated carbocycles. The molecular weight excluding hydrogens is 787 g/mol. The number of carbonyl (C=O) groups is 4. The molecule has 3 N–H and O–H groups in total. The number of sulfonamides is 1. The Hall–Kier alpha value is -5.25. The van der Waals surface area contributed by atoms with E-state index < -0.39 is 80.2 Å². The largest absolute Gasteiger partial charge is 0.497 e. The molecule has 2 aromatic carbocycles. The van der Waals surface area contributed by atoms with Crippen molar-refractivity contribution in [3.8, 4) is 28.3 Å². The molecule has 1 aromatic heterocycles. The molecule has 16 heteroatoms. The smallest absolute Gasteiger partial charge is 0.408 e. The fraction of sp³-hybridized carbons (Fsp3) is 0.545. The molecule has 0 unspecified atom stereocenters. The molecule has 3 aromatic rings. The predicted molar refractivity (Wildman–Crippen MR) is 225 cm³/mol. The van der Waals surface area contributed by atoms with Crippen molar-refractivity contribution in [2.75, 3.05) is 13.7 Å². The Bertz CT molecular complexity index is 2240. The van der Waals surface area contributed by atoms with Crippen molar-refractivity contribution in [2.45, 2.75) is 126 Å².